The molecular weight excluding hydrogens is 276 g/mol. The molecule has 1 N–H and O–H groups in total. The topological polar surface area (TPSA) is 15.3 Å². The van der Waals surface area contributed by atoms with Gasteiger partial charge in [0.1, 0.15) is 0 Å². The minimum atomic E-state index is 0.107. The molecule has 2 atom stereocenters. The van der Waals surface area contributed by atoms with E-state index >= 15 is 0 Å². The van der Waals surface area contributed by atoms with Gasteiger partial charge in [0.05, 0.1) is 0 Å². The molecule has 0 aliphatic rings. The number of hydrogen-bond donors (Lipinski definition) is 1. The molecule has 0 radical (unpaired) electrons. The van der Waals surface area contributed by atoms with Crippen molar-refractivity contribution in [2.24, 2.45) is 0 Å². The minimum Gasteiger partial charge on any atom is -0.319 e. The van der Waals surface area contributed by atoms with Crippen LogP contribution in [-0.2, 0) is 5.41 Å². The lowest BCUT2D eigenvalue weighted by Gasteiger charge is -2.36. The molecule has 1 heterocycles. The first-order valence-corrected chi connectivity index (χ1v) is 8.38. The number of hydrogen-bond acceptors (Lipinski definition) is 3. The van der Waals surface area contributed by atoms with Crippen LogP contribution < -0.4 is 5.32 Å². The molecule has 0 bridgehead atoms. The maximum absolute atomic E-state index is 3.36. The molecule has 0 saturated heterocycles. The van der Waals surface area contributed by atoms with E-state index in [1.165, 1.54) is 10.4 Å². The Kier molecular flexibility index (Phi) is 5.57. The molecule has 2 unspecified atom stereocenters. The lowest BCUT2D eigenvalue weighted by Crippen LogP contribution is -2.44. The third-order valence-electron chi connectivity index (χ3n) is 4.25. The second-order valence-corrected chi connectivity index (χ2v) is 7.04. The van der Waals surface area contributed by atoms with Gasteiger partial charge >= 0.3 is 0 Å². The normalized spacial score (nSPS) is 15.9. The van der Waals surface area contributed by atoms with Crippen molar-refractivity contribution in [2.75, 3.05) is 27.2 Å². The van der Waals surface area contributed by atoms with Crippen molar-refractivity contribution in [2.45, 2.75) is 25.3 Å². The van der Waals surface area contributed by atoms with Crippen LogP contribution in [0.1, 0.15) is 30.3 Å². The molecule has 0 saturated carbocycles. The van der Waals surface area contributed by atoms with Crippen molar-refractivity contribution in [3.63, 3.8) is 0 Å². The fourth-order valence-electron chi connectivity index (χ4n) is 2.91. The highest BCUT2D eigenvalue weighted by Gasteiger charge is 2.29. The average Bonchev–Trinajstić information content (AvgIpc) is 3.01. The van der Waals surface area contributed by atoms with Crippen LogP contribution in [0.5, 0.6) is 0 Å². The maximum Gasteiger partial charge on any atom is 0.0410 e. The van der Waals surface area contributed by atoms with Gasteiger partial charge in [-0.15, -0.1) is 11.3 Å². The second-order valence-electron chi connectivity index (χ2n) is 6.06. The molecule has 1 aromatic heterocycles. The van der Waals surface area contributed by atoms with Crippen molar-refractivity contribution in [3.05, 3.63) is 58.3 Å². The summed E-state index contributed by atoms with van der Waals surface area (Å²) in [5, 5.41) is 5.52. The van der Waals surface area contributed by atoms with E-state index in [-0.39, 0.29) is 5.41 Å². The molecule has 0 aliphatic carbocycles. The first kappa shape index (κ1) is 16.2. The number of thiophene rings is 1. The van der Waals surface area contributed by atoms with E-state index in [2.05, 4.69) is 79.0 Å². The molecule has 114 valence electrons. The van der Waals surface area contributed by atoms with E-state index in [0.717, 1.165) is 13.1 Å². The van der Waals surface area contributed by atoms with Gasteiger partial charge in [0.2, 0.25) is 0 Å². The van der Waals surface area contributed by atoms with Gasteiger partial charge in [0, 0.05) is 29.4 Å². The van der Waals surface area contributed by atoms with Crippen LogP contribution in [-0.4, -0.2) is 32.1 Å². The lowest BCUT2D eigenvalue weighted by molar-refractivity contribution is 0.205. The summed E-state index contributed by atoms with van der Waals surface area (Å²) >= 11 is 1.84. The van der Waals surface area contributed by atoms with Gasteiger partial charge < -0.3 is 5.32 Å². The van der Waals surface area contributed by atoms with E-state index in [1.54, 1.807) is 0 Å². The highest BCUT2D eigenvalue weighted by atomic mass is 32.1. The predicted molar refractivity (Wildman–Crippen MR) is 93.1 cm³/mol. The van der Waals surface area contributed by atoms with Gasteiger partial charge in [-0.1, -0.05) is 43.3 Å². The zero-order valence-electron chi connectivity index (χ0n) is 13.5. The van der Waals surface area contributed by atoms with Gasteiger partial charge in [-0.3, -0.25) is 4.90 Å². The largest absolute Gasteiger partial charge is 0.319 e. The summed E-state index contributed by atoms with van der Waals surface area (Å²) in [5.41, 5.74) is 1.50. The SMILES string of the molecule is CNCC(C)(CN(C)C(C)c1cccs1)c1ccccc1. The first-order valence-electron chi connectivity index (χ1n) is 7.50. The summed E-state index contributed by atoms with van der Waals surface area (Å²) in [4.78, 5) is 3.88. The number of likely N-dealkylation sites (N-methyl/N-ethyl adjacent to an activating group) is 2. The van der Waals surface area contributed by atoms with Crippen LogP contribution in [0.25, 0.3) is 0 Å². The second kappa shape index (κ2) is 7.21. The summed E-state index contributed by atoms with van der Waals surface area (Å²) in [6.45, 7) is 6.63. The van der Waals surface area contributed by atoms with Gasteiger partial charge in [-0.2, -0.15) is 0 Å². The Morgan fingerprint density at radius 3 is 2.48 bits per heavy atom. The standard InChI is InChI=1S/C18H26N2S/c1-15(17-11-8-12-21-17)20(4)14-18(2,13-19-3)16-9-6-5-7-10-16/h5-12,15,19H,13-14H2,1-4H3. The zero-order valence-corrected chi connectivity index (χ0v) is 14.3. The molecule has 21 heavy (non-hydrogen) atoms. The van der Waals surface area contributed by atoms with E-state index in [0.29, 0.717) is 6.04 Å². The fourth-order valence-corrected chi connectivity index (χ4v) is 3.76. The van der Waals surface area contributed by atoms with Crippen LogP contribution in [0, 0.1) is 0 Å². The number of nitrogens with one attached hydrogen (secondary N) is 1. The Balaban J connectivity index is 2.16. The fraction of sp³-hybridized carbons (Fsp3) is 0.444. The molecular formula is C18H26N2S. The quantitative estimate of drug-likeness (QED) is 0.834. The van der Waals surface area contributed by atoms with Crippen molar-refractivity contribution in [1.29, 1.82) is 0 Å². The lowest BCUT2D eigenvalue weighted by atomic mass is 9.81. The summed E-state index contributed by atoms with van der Waals surface area (Å²) in [6, 6.07) is 15.6. The van der Waals surface area contributed by atoms with Gasteiger partial charge in [-0.25, -0.2) is 0 Å². The van der Waals surface area contributed by atoms with Crippen LogP contribution >= 0.6 is 11.3 Å². The Labute approximate surface area is 132 Å². The number of nitrogens with zero attached hydrogens (tertiary/aromatic N) is 1. The highest BCUT2D eigenvalue weighted by Crippen LogP contribution is 2.29. The molecule has 2 nitrogen and oxygen atoms in total. The highest BCUT2D eigenvalue weighted by molar-refractivity contribution is 7.10. The average molecular weight is 302 g/mol. The van der Waals surface area contributed by atoms with Crippen LogP contribution in [0.2, 0.25) is 0 Å². The summed E-state index contributed by atoms with van der Waals surface area (Å²) in [6.07, 6.45) is 0. The summed E-state index contributed by atoms with van der Waals surface area (Å²) < 4.78 is 0. The van der Waals surface area contributed by atoms with Crippen LogP contribution in [0.15, 0.2) is 47.8 Å². The molecule has 0 fully saturated rings. The van der Waals surface area contributed by atoms with E-state index in [1.807, 2.05) is 18.4 Å². The van der Waals surface area contributed by atoms with Gasteiger partial charge in [0.15, 0.2) is 0 Å². The van der Waals surface area contributed by atoms with Crippen molar-refractivity contribution in [3.8, 4) is 0 Å². The van der Waals surface area contributed by atoms with Crippen LogP contribution in [0.3, 0.4) is 0 Å². The Morgan fingerprint density at radius 1 is 1.19 bits per heavy atom. The molecule has 1 aromatic carbocycles. The zero-order chi connectivity index (χ0) is 15.3. The number of benzene rings is 1. The molecule has 0 amide bonds. The third-order valence-corrected chi connectivity index (χ3v) is 5.29. The van der Waals surface area contributed by atoms with Gasteiger partial charge in [-0.05, 0) is 38.0 Å². The molecule has 3 heteroatoms. The number of rotatable bonds is 7. The third kappa shape index (κ3) is 3.94. The first-order chi connectivity index (χ1) is 10.1. The van der Waals surface area contributed by atoms with E-state index in [9.17, 15) is 0 Å². The molecule has 0 spiro atoms. The summed E-state index contributed by atoms with van der Waals surface area (Å²) in [5.74, 6) is 0. The Hall–Kier alpha value is -1.16. The van der Waals surface area contributed by atoms with E-state index in [4.69, 9.17) is 0 Å². The smallest absolute Gasteiger partial charge is 0.0410 e. The van der Waals surface area contributed by atoms with Gasteiger partial charge in [0.25, 0.3) is 0 Å². The van der Waals surface area contributed by atoms with Crippen molar-refractivity contribution < 1.29 is 0 Å². The Bertz CT molecular complexity index is 523. The molecule has 0 aliphatic heterocycles. The maximum atomic E-state index is 3.36. The summed E-state index contributed by atoms with van der Waals surface area (Å²) in [7, 11) is 4.26. The molecule has 2 rings (SSSR count). The van der Waals surface area contributed by atoms with Crippen LogP contribution in [0.4, 0.5) is 0 Å². The van der Waals surface area contributed by atoms with Crippen molar-refractivity contribution in [1.82, 2.24) is 10.2 Å². The van der Waals surface area contributed by atoms with Crippen molar-refractivity contribution >= 4 is 11.3 Å². The van der Waals surface area contributed by atoms with E-state index < -0.39 is 0 Å². The minimum absolute atomic E-state index is 0.107. The monoisotopic (exact) mass is 302 g/mol. The molecule has 2 aromatic rings. The Morgan fingerprint density at radius 2 is 1.90 bits per heavy atom. The predicted octanol–water partition coefficient (Wildman–Crippen LogP) is 3.92.